The molecule has 58 valence electrons. The molecule has 0 aliphatic rings. The summed E-state index contributed by atoms with van der Waals surface area (Å²) < 4.78 is 0. The van der Waals surface area contributed by atoms with Gasteiger partial charge in [-0.2, -0.15) is 0 Å². The molecule has 0 unspecified atom stereocenters. The predicted molar refractivity (Wildman–Crippen MR) is 36.5 cm³/mol. The molecule has 1 aromatic heterocycles. The molecule has 0 aromatic carbocycles. The first kappa shape index (κ1) is 14.8. The quantitative estimate of drug-likeness (QED) is 0.542. The van der Waals surface area contributed by atoms with Gasteiger partial charge >= 0.3 is 51.4 Å². The van der Waals surface area contributed by atoms with Gasteiger partial charge in [-0.15, -0.1) is 0 Å². The molecule has 0 saturated carbocycles. The third kappa shape index (κ3) is 4.21. The van der Waals surface area contributed by atoms with Crippen molar-refractivity contribution in [3.8, 4) is 0 Å². The first-order chi connectivity index (χ1) is 4.24. The molecule has 0 saturated heterocycles. The van der Waals surface area contributed by atoms with Crippen molar-refractivity contribution < 1.29 is 62.0 Å². The Bertz CT molecular complexity index is 198. The van der Waals surface area contributed by atoms with Crippen molar-refractivity contribution >= 4 is 23.2 Å². The Balaban J connectivity index is 0. The van der Waals surface area contributed by atoms with Crippen LogP contribution in [0.5, 0.6) is 0 Å². The van der Waals surface area contributed by atoms with Crippen LogP contribution in [0.1, 0.15) is 5.82 Å². The molecule has 0 spiro atoms. The standard InChI is InChI=1S/C4H4Cl2N2O.K.H2O/c5-3-4(6)8-2(1-9)7-3;;/h9H,1H2,(H,7,8);;1H2/q;+1;/p-1. The third-order valence-corrected chi connectivity index (χ3v) is 1.46. The Hall–Kier alpha value is 1.35. The Morgan fingerprint density at radius 2 is 2.00 bits per heavy atom. The molecular weight excluding hydrogens is 218 g/mol. The molecular formula is C4H5Cl2KN2O2. The molecule has 4 nitrogen and oxygen atoms in total. The van der Waals surface area contributed by atoms with E-state index in [2.05, 4.69) is 9.97 Å². The van der Waals surface area contributed by atoms with Gasteiger partial charge in [0.15, 0.2) is 5.15 Å². The molecule has 7 heteroatoms. The zero-order valence-corrected chi connectivity index (χ0v) is 10.4. The van der Waals surface area contributed by atoms with E-state index in [1.165, 1.54) is 0 Å². The number of halogens is 2. The van der Waals surface area contributed by atoms with Gasteiger partial charge in [-0.1, -0.05) is 23.2 Å². The number of aliphatic hydroxyl groups is 1. The van der Waals surface area contributed by atoms with Crippen molar-refractivity contribution in [3.05, 3.63) is 16.1 Å². The van der Waals surface area contributed by atoms with Gasteiger partial charge in [0.05, 0.1) is 0 Å². The molecule has 11 heavy (non-hydrogen) atoms. The van der Waals surface area contributed by atoms with E-state index < -0.39 is 0 Å². The van der Waals surface area contributed by atoms with Crippen molar-refractivity contribution in [2.75, 3.05) is 0 Å². The second kappa shape index (κ2) is 6.82. The summed E-state index contributed by atoms with van der Waals surface area (Å²) in [4.78, 5) is 6.22. The van der Waals surface area contributed by atoms with Crippen LogP contribution in [-0.4, -0.2) is 20.6 Å². The van der Waals surface area contributed by atoms with E-state index in [-0.39, 0.29) is 73.8 Å². The van der Waals surface area contributed by atoms with Crippen molar-refractivity contribution in [1.82, 2.24) is 9.97 Å². The van der Waals surface area contributed by atoms with Crippen LogP contribution in [-0.2, 0) is 6.61 Å². The van der Waals surface area contributed by atoms with Crippen molar-refractivity contribution in [2.45, 2.75) is 6.61 Å². The maximum atomic E-state index is 8.46. The van der Waals surface area contributed by atoms with Gasteiger partial charge in [-0.05, 0) is 0 Å². The maximum absolute atomic E-state index is 8.46. The molecule has 1 aromatic rings. The first-order valence-electron chi connectivity index (χ1n) is 2.24. The van der Waals surface area contributed by atoms with Gasteiger partial charge in [0.1, 0.15) is 17.6 Å². The van der Waals surface area contributed by atoms with E-state index in [0.717, 1.165) is 0 Å². The molecule has 0 amide bonds. The molecule has 1 heterocycles. The summed E-state index contributed by atoms with van der Waals surface area (Å²) in [6.45, 7) is -0.174. The van der Waals surface area contributed by atoms with Gasteiger partial charge in [0, 0.05) is 0 Å². The zero-order chi connectivity index (χ0) is 6.85. The fourth-order valence-electron chi connectivity index (χ4n) is 0.449. The fraction of sp³-hybridized carbons (Fsp3) is 0.250. The van der Waals surface area contributed by atoms with Crippen LogP contribution in [0.2, 0.25) is 10.3 Å². The zero-order valence-electron chi connectivity index (χ0n) is 5.80. The van der Waals surface area contributed by atoms with E-state index in [9.17, 15) is 0 Å². The molecule has 3 N–H and O–H groups in total. The second-order valence-electron chi connectivity index (χ2n) is 1.45. The van der Waals surface area contributed by atoms with Gasteiger partial charge < -0.3 is 15.6 Å². The molecule has 0 aliphatic heterocycles. The number of aromatic amines is 1. The van der Waals surface area contributed by atoms with Crippen molar-refractivity contribution in [3.63, 3.8) is 0 Å². The number of hydrogen-bond acceptors (Lipinski definition) is 3. The van der Waals surface area contributed by atoms with E-state index in [1.54, 1.807) is 0 Å². The molecule has 0 atom stereocenters. The molecule has 0 radical (unpaired) electrons. The van der Waals surface area contributed by atoms with Gasteiger partial charge in [0.25, 0.3) is 0 Å². The summed E-state index contributed by atoms with van der Waals surface area (Å²) in [6.07, 6.45) is 0. The Labute approximate surface area is 116 Å². The van der Waals surface area contributed by atoms with E-state index in [0.29, 0.717) is 5.82 Å². The van der Waals surface area contributed by atoms with Crippen molar-refractivity contribution in [1.29, 1.82) is 0 Å². The minimum Gasteiger partial charge on any atom is -0.870 e. The van der Waals surface area contributed by atoms with Crippen LogP contribution in [0.3, 0.4) is 0 Å². The minimum atomic E-state index is -0.174. The number of rotatable bonds is 1. The number of aromatic nitrogens is 2. The number of hydrogen-bond donors (Lipinski definition) is 2. The summed E-state index contributed by atoms with van der Waals surface area (Å²) in [5, 5.41) is 8.92. The first-order valence-corrected chi connectivity index (χ1v) is 3.00. The van der Waals surface area contributed by atoms with Gasteiger partial charge in [0.2, 0.25) is 0 Å². The Morgan fingerprint density at radius 3 is 2.18 bits per heavy atom. The van der Waals surface area contributed by atoms with Crippen LogP contribution in [0.15, 0.2) is 0 Å². The smallest absolute Gasteiger partial charge is 0.870 e. The van der Waals surface area contributed by atoms with E-state index in [1.807, 2.05) is 0 Å². The van der Waals surface area contributed by atoms with Crippen LogP contribution < -0.4 is 51.4 Å². The minimum absolute atomic E-state index is 0. The van der Waals surface area contributed by atoms with Crippen molar-refractivity contribution in [2.24, 2.45) is 0 Å². The predicted octanol–water partition coefficient (Wildman–Crippen LogP) is -1.96. The number of H-pyrrole nitrogens is 1. The van der Waals surface area contributed by atoms with Gasteiger partial charge in [-0.3, -0.25) is 0 Å². The summed E-state index contributed by atoms with van der Waals surface area (Å²) in [6, 6.07) is 0. The van der Waals surface area contributed by atoms with Gasteiger partial charge in [-0.25, -0.2) is 4.98 Å². The average Bonchev–Trinajstić information content (AvgIpc) is 2.13. The number of aliphatic hydroxyl groups excluding tert-OH is 1. The Kier molecular flexibility index (Phi) is 9.20. The summed E-state index contributed by atoms with van der Waals surface area (Å²) in [5.41, 5.74) is 0. The van der Waals surface area contributed by atoms with Crippen LogP contribution in [0, 0.1) is 0 Å². The normalized spacial score (nSPS) is 8.27. The molecule has 0 fully saturated rings. The SMILES string of the molecule is OCc1nc(Cl)c(Cl)[nH]1.[K+].[OH-]. The largest absolute Gasteiger partial charge is 1.00 e. The monoisotopic (exact) mass is 222 g/mol. The number of imidazole rings is 1. The van der Waals surface area contributed by atoms with Crippen LogP contribution in [0.25, 0.3) is 0 Å². The molecule has 0 bridgehead atoms. The second-order valence-corrected chi connectivity index (χ2v) is 2.18. The maximum Gasteiger partial charge on any atom is 1.00 e. The summed E-state index contributed by atoms with van der Waals surface area (Å²) >= 11 is 10.9. The molecule has 0 aliphatic carbocycles. The topological polar surface area (TPSA) is 78.9 Å². The van der Waals surface area contributed by atoms with Crippen LogP contribution in [0.4, 0.5) is 0 Å². The number of nitrogens with zero attached hydrogens (tertiary/aromatic N) is 1. The summed E-state index contributed by atoms with van der Waals surface area (Å²) in [7, 11) is 0. The van der Waals surface area contributed by atoms with Crippen LogP contribution >= 0.6 is 23.2 Å². The third-order valence-electron chi connectivity index (χ3n) is 0.818. The Morgan fingerprint density at radius 1 is 1.45 bits per heavy atom. The summed E-state index contributed by atoms with van der Waals surface area (Å²) in [5.74, 6) is 0.380. The average molecular weight is 223 g/mol. The fourth-order valence-corrected chi connectivity index (χ4v) is 0.749. The number of nitrogens with one attached hydrogen (secondary N) is 1. The van der Waals surface area contributed by atoms with E-state index in [4.69, 9.17) is 28.3 Å². The molecule has 1 rings (SSSR count). The van der Waals surface area contributed by atoms with E-state index >= 15 is 0 Å².